The van der Waals surface area contributed by atoms with E-state index in [-0.39, 0.29) is 37.3 Å². The molecule has 2 N–H and O–H groups in total. The molecule has 2 aromatic carbocycles. The highest BCUT2D eigenvalue weighted by atomic mass is 16.7. The van der Waals surface area contributed by atoms with Crippen LogP contribution >= 0.6 is 0 Å². The maximum Gasteiger partial charge on any atom is 0.513 e. The van der Waals surface area contributed by atoms with E-state index in [2.05, 4.69) is 15.4 Å². The zero-order valence-corrected chi connectivity index (χ0v) is 15.7. The van der Waals surface area contributed by atoms with Gasteiger partial charge < -0.3 is 24.8 Å². The molecule has 0 aliphatic carbocycles. The van der Waals surface area contributed by atoms with E-state index in [0.29, 0.717) is 16.9 Å². The van der Waals surface area contributed by atoms with E-state index in [0.717, 1.165) is 0 Å². The molecule has 2 rings (SSSR count). The van der Waals surface area contributed by atoms with Crippen LogP contribution in [0.3, 0.4) is 0 Å². The summed E-state index contributed by atoms with van der Waals surface area (Å²) >= 11 is 0. The molecule has 2 amide bonds. The van der Waals surface area contributed by atoms with Crippen molar-refractivity contribution in [1.82, 2.24) is 10.6 Å². The van der Waals surface area contributed by atoms with Crippen LogP contribution in [-0.2, 0) is 4.74 Å². The van der Waals surface area contributed by atoms with Gasteiger partial charge in [0.05, 0.1) is 13.7 Å². The molecule has 28 heavy (non-hydrogen) atoms. The highest BCUT2D eigenvalue weighted by molar-refractivity contribution is 5.95. The Labute approximate surface area is 162 Å². The van der Waals surface area contributed by atoms with Crippen LogP contribution in [0.5, 0.6) is 11.5 Å². The van der Waals surface area contributed by atoms with Crippen molar-refractivity contribution in [2.75, 3.05) is 26.8 Å². The molecule has 8 heteroatoms. The molecule has 2 aromatic rings. The van der Waals surface area contributed by atoms with Gasteiger partial charge in [0.2, 0.25) is 0 Å². The van der Waals surface area contributed by atoms with Crippen molar-refractivity contribution in [3.05, 3.63) is 59.7 Å². The summed E-state index contributed by atoms with van der Waals surface area (Å²) in [6.07, 6.45) is -0.799. The molecule has 0 saturated heterocycles. The number of hydrogen-bond acceptors (Lipinski definition) is 6. The number of amides is 2. The molecule has 0 atom stereocenters. The first-order valence-electron chi connectivity index (χ1n) is 8.68. The van der Waals surface area contributed by atoms with Gasteiger partial charge in [0.15, 0.2) is 0 Å². The molecule has 0 fully saturated rings. The summed E-state index contributed by atoms with van der Waals surface area (Å²) in [7, 11) is 1.55. The minimum Gasteiger partial charge on any atom is -0.497 e. The second-order valence-electron chi connectivity index (χ2n) is 5.55. The fourth-order valence-electron chi connectivity index (χ4n) is 2.22. The molecule has 0 radical (unpaired) electrons. The monoisotopic (exact) mass is 386 g/mol. The maximum absolute atomic E-state index is 12.1. The van der Waals surface area contributed by atoms with Crippen LogP contribution in [0.15, 0.2) is 48.5 Å². The van der Waals surface area contributed by atoms with Crippen LogP contribution in [0, 0.1) is 0 Å². The molecule has 0 heterocycles. The van der Waals surface area contributed by atoms with Gasteiger partial charge >= 0.3 is 6.16 Å². The number of methoxy groups -OCH3 is 1. The average Bonchev–Trinajstić information content (AvgIpc) is 2.71. The van der Waals surface area contributed by atoms with Gasteiger partial charge in [-0.25, -0.2) is 4.79 Å². The summed E-state index contributed by atoms with van der Waals surface area (Å²) in [5.41, 5.74) is 0.905. The number of ether oxygens (including phenoxy) is 3. The van der Waals surface area contributed by atoms with Crippen LogP contribution in [-0.4, -0.2) is 44.8 Å². The number of hydrogen-bond donors (Lipinski definition) is 2. The Morgan fingerprint density at radius 3 is 1.68 bits per heavy atom. The first kappa shape index (κ1) is 20.8. The zero-order valence-electron chi connectivity index (χ0n) is 15.7. The Morgan fingerprint density at radius 2 is 1.25 bits per heavy atom. The van der Waals surface area contributed by atoms with E-state index < -0.39 is 6.16 Å². The molecule has 8 nitrogen and oxygen atoms in total. The van der Waals surface area contributed by atoms with Gasteiger partial charge in [-0.2, -0.15) is 0 Å². The lowest BCUT2D eigenvalue weighted by Gasteiger charge is -2.08. The molecular weight excluding hydrogens is 364 g/mol. The minimum atomic E-state index is -0.799. The van der Waals surface area contributed by atoms with Gasteiger partial charge in [-0.05, 0) is 55.5 Å². The predicted octanol–water partition coefficient (Wildman–Crippen LogP) is 2.39. The molecule has 0 unspecified atom stereocenters. The lowest BCUT2D eigenvalue weighted by Crippen LogP contribution is -2.34. The summed E-state index contributed by atoms with van der Waals surface area (Å²) in [4.78, 5) is 35.3. The molecule has 0 spiro atoms. The highest BCUT2D eigenvalue weighted by Crippen LogP contribution is 2.13. The summed E-state index contributed by atoms with van der Waals surface area (Å²) in [5, 5.41) is 5.42. The van der Waals surface area contributed by atoms with Crippen molar-refractivity contribution in [2.45, 2.75) is 6.92 Å². The summed E-state index contributed by atoms with van der Waals surface area (Å²) in [6, 6.07) is 12.8. The molecule has 0 aliphatic rings. The second kappa shape index (κ2) is 10.6. The van der Waals surface area contributed by atoms with Crippen molar-refractivity contribution >= 4 is 18.0 Å². The van der Waals surface area contributed by atoms with E-state index in [1.54, 1.807) is 38.3 Å². The van der Waals surface area contributed by atoms with Crippen LogP contribution in [0.2, 0.25) is 0 Å². The summed E-state index contributed by atoms with van der Waals surface area (Å²) < 4.78 is 14.6. The fourth-order valence-corrected chi connectivity index (χ4v) is 2.22. The molecule has 0 aromatic heterocycles. The van der Waals surface area contributed by atoms with Gasteiger partial charge in [-0.3, -0.25) is 9.59 Å². The lowest BCUT2D eigenvalue weighted by molar-refractivity contribution is 0.0927. The van der Waals surface area contributed by atoms with Gasteiger partial charge in [-0.15, -0.1) is 0 Å². The standard InChI is InChI=1S/C20H22N2O6/c1-3-27-20(25)28-17-10-6-15(7-11-17)19(24)22-13-12-21-18(23)14-4-8-16(26-2)9-5-14/h4-11H,3,12-13H2,1-2H3,(H,21,23)(H,22,24). The van der Waals surface area contributed by atoms with E-state index in [9.17, 15) is 14.4 Å². The van der Waals surface area contributed by atoms with E-state index in [4.69, 9.17) is 9.47 Å². The van der Waals surface area contributed by atoms with Crippen molar-refractivity contribution in [1.29, 1.82) is 0 Å². The first-order valence-corrected chi connectivity index (χ1v) is 8.68. The van der Waals surface area contributed by atoms with Gasteiger partial charge in [0, 0.05) is 24.2 Å². The Bertz CT molecular complexity index is 802. The van der Waals surface area contributed by atoms with Gasteiger partial charge in [0.25, 0.3) is 11.8 Å². The number of rotatable bonds is 8. The quantitative estimate of drug-likeness (QED) is 0.410. The second-order valence-corrected chi connectivity index (χ2v) is 5.55. The third-order valence-corrected chi connectivity index (χ3v) is 3.63. The van der Waals surface area contributed by atoms with Crippen LogP contribution in [0.1, 0.15) is 27.6 Å². The minimum absolute atomic E-state index is 0.217. The third-order valence-electron chi connectivity index (χ3n) is 3.63. The van der Waals surface area contributed by atoms with E-state index in [1.165, 1.54) is 24.3 Å². The fraction of sp³-hybridized carbons (Fsp3) is 0.250. The Hall–Kier alpha value is -3.55. The van der Waals surface area contributed by atoms with Crippen molar-refractivity contribution in [3.8, 4) is 11.5 Å². The Morgan fingerprint density at radius 1 is 0.786 bits per heavy atom. The first-order chi connectivity index (χ1) is 13.5. The molecule has 0 aliphatic heterocycles. The van der Waals surface area contributed by atoms with Gasteiger partial charge in [-0.1, -0.05) is 0 Å². The number of benzene rings is 2. The summed E-state index contributed by atoms with van der Waals surface area (Å²) in [6.45, 7) is 2.44. The zero-order chi connectivity index (χ0) is 20.4. The highest BCUT2D eigenvalue weighted by Gasteiger charge is 2.09. The normalized spacial score (nSPS) is 9.93. The Kier molecular flexibility index (Phi) is 7.83. The number of carbonyl (C=O) groups is 3. The van der Waals surface area contributed by atoms with E-state index in [1.807, 2.05) is 0 Å². The summed E-state index contributed by atoms with van der Waals surface area (Å²) in [5.74, 6) is 0.406. The van der Waals surface area contributed by atoms with Crippen LogP contribution in [0.4, 0.5) is 4.79 Å². The van der Waals surface area contributed by atoms with Crippen LogP contribution in [0.25, 0.3) is 0 Å². The third kappa shape index (κ3) is 6.31. The largest absolute Gasteiger partial charge is 0.513 e. The van der Waals surface area contributed by atoms with E-state index >= 15 is 0 Å². The van der Waals surface area contributed by atoms with Crippen molar-refractivity contribution in [2.24, 2.45) is 0 Å². The maximum atomic E-state index is 12.1. The lowest BCUT2D eigenvalue weighted by atomic mass is 10.2. The topological polar surface area (TPSA) is 103 Å². The van der Waals surface area contributed by atoms with Crippen molar-refractivity contribution in [3.63, 3.8) is 0 Å². The SMILES string of the molecule is CCOC(=O)Oc1ccc(C(=O)NCCNC(=O)c2ccc(OC)cc2)cc1. The van der Waals surface area contributed by atoms with Gasteiger partial charge in [0.1, 0.15) is 11.5 Å². The smallest absolute Gasteiger partial charge is 0.497 e. The molecule has 148 valence electrons. The molecular formula is C20H22N2O6. The van der Waals surface area contributed by atoms with Crippen molar-refractivity contribution < 1.29 is 28.6 Å². The molecule has 0 bridgehead atoms. The molecule has 0 saturated carbocycles. The predicted molar refractivity (Wildman–Crippen MR) is 102 cm³/mol. The number of carbonyl (C=O) groups excluding carboxylic acids is 3. The van der Waals surface area contributed by atoms with Crippen LogP contribution < -0.4 is 20.1 Å². The average molecular weight is 386 g/mol. The Balaban J connectivity index is 1.74. The number of nitrogens with one attached hydrogen (secondary N) is 2.